The number of nitrogens with one attached hydrogen (secondary N) is 1. The van der Waals surface area contributed by atoms with E-state index in [9.17, 15) is 9.59 Å². The molecule has 27 heavy (non-hydrogen) atoms. The molecule has 1 saturated heterocycles. The topological polar surface area (TPSA) is 82.1 Å². The average Bonchev–Trinajstić information content (AvgIpc) is 2.58. The minimum Gasteiger partial charge on any atom is -0.480 e. The fourth-order valence-electron chi connectivity index (χ4n) is 3.72. The zero-order chi connectivity index (χ0) is 19.4. The monoisotopic (exact) mass is 395 g/mol. The third kappa shape index (κ3) is 5.34. The number of urea groups is 1. The van der Waals surface area contributed by atoms with Crippen LogP contribution < -0.4 is 5.32 Å². The van der Waals surface area contributed by atoms with E-state index in [1.807, 2.05) is 24.3 Å². The number of hydrogen-bond donors (Lipinski definition) is 2. The molecule has 1 aromatic carbocycles. The summed E-state index contributed by atoms with van der Waals surface area (Å²) in [7, 11) is 1.74. The van der Waals surface area contributed by atoms with Gasteiger partial charge in [0.25, 0.3) is 0 Å². The Kier molecular flexibility index (Phi) is 6.57. The van der Waals surface area contributed by atoms with E-state index >= 15 is 0 Å². The summed E-state index contributed by atoms with van der Waals surface area (Å²) in [5.41, 5.74) is 1.15. The van der Waals surface area contributed by atoms with Gasteiger partial charge in [-0.2, -0.15) is 0 Å². The van der Waals surface area contributed by atoms with Crippen molar-refractivity contribution in [2.45, 2.75) is 30.9 Å². The second-order valence-electron chi connectivity index (χ2n) is 7.37. The first kappa shape index (κ1) is 19.9. The van der Waals surface area contributed by atoms with Gasteiger partial charge in [-0.25, -0.2) is 4.79 Å². The van der Waals surface area contributed by atoms with E-state index in [0.717, 1.165) is 23.4 Å². The van der Waals surface area contributed by atoms with Crippen LogP contribution >= 0.6 is 11.6 Å². The van der Waals surface area contributed by atoms with Crippen molar-refractivity contribution >= 4 is 23.6 Å². The first-order chi connectivity index (χ1) is 12.9. The van der Waals surface area contributed by atoms with E-state index in [1.54, 1.807) is 16.8 Å². The highest BCUT2D eigenvalue weighted by molar-refractivity contribution is 6.31. The lowest BCUT2D eigenvalue weighted by atomic mass is 9.76. The molecule has 0 aromatic heterocycles. The highest BCUT2D eigenvalue weighted by atomic mass is 35.5. The molecule has 1 aliphatic heterocycles. The van der Waals surface area contributed by atoms with Gasteiger partial charge in [-0.15, -0.1) is 0 Å². The van der Waals surface area contributed by atoms with E-state index in [1.165, 1.54) is 0 Å². The number of carbonyl (C=O) groups is 2. The van der Waals surface area contributed by atoms with Crippen LogP contribution in [0, 0.1) is 0 Å². The zero-order valence-corrected chi connectivity index (χ0v) is 16.2. The number of likely N-dealkylation sites (N-methyl/N-ethyl adjacent to an activating group) is 1. The van der Waals surface area contributed by atoms with E-state index in [4.69, 9.17) is 21.4 Å². The van der Waals surface area contributed by atoms with Crippen LogP contribution in [0.15, 0.2) is 24.3 Å². The van der Waals surface area contributed by atoms with Gasteiger partial charge in [0.05, 0.1) is 19.3 Å². The van der Waals surface area contributed by atoms with Crippen molar-refractivity contribution in [2.24, 2.45) is 0 Å². The first-order valence-electron chi connectivity index (χ1n) is 9.24. The minimum atomic E-state index is -0.874. The molecule has 0 spiro atoms. The number of morpholine rings is 1. The summed E-state index contributed by atoms with van der Waals surface area (Å²) in [5, 5.41) is 12.7. The van der Waals surface area contributed by atoms with Gasteiger partial charge in [-0.05, 0) is 37.4 Å². The fraction of sp³-hybridized carbons (Fsp3) is 0.579. The minimum absolute atomic E-state index is 0.0441. The Morgan fingerprint density at radius 1 is 1.37 bits per heavy atom. The molecule has 2 amide bonds. The Morgan fingerprint density at radius 2 is 2.11 bits per heavy atom. The van der Waals surface area contributed by atoms with Crippen molar-refractivity contribution < 1.29 is 19.4 Å². The van der Waals surface area contributed by atoms with Crippen LogP contribution in [0.2, 0.25) is 5.02 Å². The quantitative estimate of drug-likeness (QED) is 0.770. The summed E-state index contributed by atoms with van der Waals surface area (Å²) in [5.74, 6) is -0.480. The number of carboxylic acid groups (broad SMARTS) is 1. The van der Waals surface area contributed by atoms with E-state index in [-0.39, 0.29) is 24.7 Å². The third-order valence-corrected chi connectivity index (χ3v) is 5.50. The Hall–Kier alpha value is -1.83. The molecule has 3 rings (SSSR count). The maximum atomic E-state index is 12.5. The molecule has 1 atom stereocenters. The van der Waals surface area contributed by atoms with Crippen LogP contribution in [0.5, 0.6) is 0 Å². The van der Waals surface area contributed by atoms with Crippen LogP contribution in [-0.2, 0) is 9.53 Å². The molecular weight excluding hydrogens is 370 g/mol. The molecule has 2 aliphatic rings. The number of halogens is 1. The van der Waals surface area contributed by atoms with E-state index in [0.29, 0.717) is 32.2 Å². The Morgan fingerprint density at radius 3 is 2.81 bits per heavy atom. The third-order valence-electron chi connectivity index (χ3n) is 5.16. The molecular formula is C19H26ClN3O4. The number of carbonyl (C=O) groups excluding carboxylic acids is 1. The number of nitrogens with zero attached hydrogens (tertiary/aromatic N) is 2. The summed E-state index contributed by atoms with van der Waals surface area (Å²) in [6, 6.07) is 7.94. The van der Waals surface area contributed by atoms with Crippen LogP contribution in [0.4, 0.5) is 4.79 Å². The molecule has 2 N–H and O–H groups in total. The summed E-state index contributed by atoms with van der Waals surface area (Å²) >= 11 is 6.25. The normalized spacial score (nSPS) is 25.1. The zero-order valence-electron chi connectivity index (χ0n) is 15.4. The van der Waals surface area contributed by atoms with Crippen molar-refractivity contribution in [1.29, 1.82) is 0 Å². The van der Waals surface area contributed by atoms with Gasteiger partial charge in [0.1, 0.15) is 0 Å². The predicted octanol–water partition coefficient (Wildman–Crippen LogP) is 2.01. The number of rotatable bonds is 6. The molecule has 1 aliphatic carbocycles. The number of aliphatic carboxylic acids is 1. The summed E-state index contributed by atoms with van der Waals surface area (Å²) in [6.07, 6.45) is 1.61. The highest BCUT2D eigenvalue weighted by Gasteiger charge is 2.34. The number of carboxylic acids is 1. The Balaban J connectivity index is 1.43. The second kappa shape index (κ2) is 8.91. The largest absolute Gasteiger partial charge is 0.480 e. The number of ether oxygens (including phenoxy) is 1. The van der Waals surface area contributed by atoms with Crippen molar-refractivity contribution in [2.75, 3.05) is 39.8 Å². The SMILES string of the molecule is CN(CC(=O)O)CC1CN(C(=O)NC2CC(c3ccccc3Cl)C2)CCO1. The number of hydrogen-bond acceptors (Lipinski definition) is 4. The van der Waals surface area contributed by atoms with E-state index in [2.05, 4.69) is 5.32 Å². The van der Waals surface area contributed by atoms with Gasteiger partial charge in [0.2, 0.25) is 0 Å². The maximum Gasteiger partial charge on any atom is 0.317 e. The van der Waals surface area contributed by atoms with Crippen molar-refractivity contribution in [3.05, 3.63) is 34.9 Å². The molecule has 2 fully saturated rings. The lowest BCUT2D eigenvalue weighted by Crippen LogP contribution is -2.55. The summed E-state index contributed by atoms with van der Waals surface area (Å²) in [4.78, 5) is 26.8. The molecule has 8 heteroatoms. The van der Waals surface area contributed by atoms with Gasteiger partial charge in [0.15, 0.2) is 0 Å². The van der Waals surface area contributed by atoms with E-state index < -0.39 is 5.97 Å². The molecule has 1 aromatic rings. The van der Waals surface area contributed by atoms with Gasteiger partial charge >= 0.3 is 12.0 Å². The molecule has 148 valence electrons. The summed E-state index contributed by atoms with van der Waals surface area (Å²) in [6.45, 7) is 1.92. The maximum absolute atomic E-state index is 12.5. The lowest BCUT2D eigenvalue weighted by Gasteiger charge is -2.39. The standard InChI is InChI=1S/C19H26ClN3O4/c1-22(12-18(24)25)10-15-11-23(6-7-27-15)19(26)21-14-8-13(9-14)16-4-2-3-5-17(16)20/h2-5,13-15H,6-12H2,1H3,(H,21,26)(H,24,25). The van der Waals surface area contributed by atoms with Crippen molar-refractivity contribution in [1.82, 2.24) is 15.1 Å². The molecule has 0 bridgehead atoms. The molecule has 7 nitrogen and oxygen atoms in total. The van der Waals surface area contributed by atoms with Crippen molar-refractivity contribution in [3.63, 3.8) is 0 Å². The molecule has 0 radical (unpaired) electrons. The number of amides is 2. The summed E-state index contributed by atoms with van der Waals surface area (Å²) < 4.78 is 5.67. The first-order valence-corrected chi connectivity index (χ1v) is 9.62. The average molecular weight is 396 g/mol. The molecule has 1 heterocycles. The number of benzene rings is 1. The molecule has 1 saturated carbocycles. The highest BCUT2D eigenvalue weighted by Crippen LogP contribution is 2.39. The fourth-order valence-corrected chi connectivity index (χ4v) is 4.01. The predicted molar refractivity (Wildman–Crippen MR) is 102 cm³/mol. The van der Waals surface area contributed by atoms with Gasteiger partial charge in [-0.1, -0.05) is 29.8 Å². The van der Waals surface area contributed by atoms with Crippen LogP contribution in [0.3, 0.4) is 0 Å². The van der Waals surface area contributed by atoms with Gasteiger partial charge < -0.3 is 20.1 Å². The molecule has 1 unspecified atom stereocenters. The Labute approximate surface area is 164 Å². The smallest absolute Gasteiger partial charge is 0.317 e. The van der Waals surface area contributed by atoms with Gasteiger partial charge in [0, 0.05) is 30.7 Å². The van der Waals surface area contributed by atoms with Crippen LogP contribution in [0.1, 0.15) is 24.3 Å². The lowest BCUT2D eigenvalue weighted by molar-refractivity contribution is -0.138. The van der Waals surface area contributed by atoms with Gasteiger partial charge in [-0.3, -0.25) is 9.69 Å². The van der Waals surface area contributed by atoms with Crippen LogP contribution in [-0.4, -0.2) is 78.9 Å². The van der Waals surface area contributed by atoms with Crippen molar-refractivity contribution in [3.8, 4) is 0 Å². The Bertz CT molecular complexity index is 681. The second-order valence-corrected chi connectivity index (χ2v) is 7.77. The van der Waals surface area contributed by atoms with Crippen LogP contribution in [0.25, 0.3) is 0 Å².